The Balaban J connectivity index is 2.11. The third-order valence-electron chi connectivity index (χ3n) is 4.79. The van der Waals surface area contributed by atoms with Gasteiger partial charge in [0.2, 0.25) is 0 Å². The summed E-state index contributed by atoms with van der Waals surface area (Å²) in [6, 6.07) is 19.6. The standard InChI is InChI=1S/C22H18BNO2/c1-3-15-9-14-21-22(18(15)4-2)19-7-5-6-8-20(19)24(21)17-12-10-16(11-13-17)23(25)26/h3-14,25-26H,1-2H2. The molecule has 3 aromatic carbocycles. The van der Waals surface area contributed by atoms with Gasteiger partial charge in [0.1, 0.15) is 0 Å². The number of hydrogen-bond donors (Lipinski definition) is 2. The molecular weight excluding hydrogens is 321 g/mol. The summed E-state index contributed by atoms with van der Waals surface area (Å²) in [7, 11) is -1.47. The summed E-state index contributed by atoms with van der Waals surface area (Å²) in [5.74, 6) is 0. The highest BCUT2D eigenvalue weighted by Crippen LogP contribution is 2.36. The van der Waals surface area contributed by atoms with Crippen molar-refractivity contribution in [3.63, 3.8) is 0 Å². The van der Waals surface area contributed by atoms with Gasteiger partial charge in [0.15, 0.2) is 0 Å². The molecule has 4 aromatic rings. The largest absolute Gasteiger partial charge is 0.488 e. The van der Waals surface area contributed by atoms with Gasteiger partial charge in [0, 0.05) is 16.5 Å². The molecule has 0 aliphatic carbocycles. The van der Waals surface area contributed by atoms with Gasteiger partial charge in [0.25, 0.3) is 0 Å². The second kappa shape index (κ2) is 6.34. The van der Waals surface area contributed by atoms with E-state index in [1.807, 2.05) is 42.5 Å². The molecule has 26 heavy (non-hydrogen) atoms. The van der Waals surface area contributed by atoms with E-state index < -0.39 is 7.12 Å². The van der Waals surface area contributed by atoms with Gasteiger partial charge in [-0.25, -0.2) is 0 Å². The quantitative estimate of drug-likeness (QED) is 0.556. The highest BCUT2D eigenvalue weighted by atomic mass is 16.4. The zero-order chi connectivity index (χ0) is 18.3. The van der Waals surface area contributed by atoms with Gasteiger partial charge >= 0.3 is 7.12 Å². The SMILES string of the molecule is C=Cc1ccc2c(c1C=C)c1ccccc1n2-c1ccc(B(O)O)cc1. The van der Waals surface area contributed by atoms with Gasteiger partial charge in [0.05, 0.1) is 11.0 Å². The number of benzene rings is 3. The van der Waals surface area contributed by atoms with Crippen LogP contribution < -0.4 is 5.46 Å². The molecule has 4 heteroatoms. The van der Waals surface area contributed by atoms with Crippen LogP contribution in [0.4, 0.5) is 0 Å². The highest BCUT2D eigenvalue weighted by Gasteiger charge is 2.16. The monoisotopic (exact) mass is 339 g/mol. The maximum Gasteiger partial charge on any atom is 0.488 e. The zero-order valence-electron chi connectivity index (χ0n) is 14.3. The summed E-state index contributed by atoms with van der Waals surface area (Å²) < 4.78 is 2.18. The maximum atomic E-state index is 9.34. The van der Waals surface area contributed by atoms with Crippen molar-refractivity contribution in [2.75, 3.05) is 0 Å². The van der Waals surface area contributed by atoms with E-state index >= 15 is 0 Å². The lowest BCUT2D eigenvalue weighted by molar-refractivity contribution is 0.426. The topological polar surface area (TPSA) is 45.4 Å². The van der Waals surface area contributed by atoms with Crippen LogP contribution >= 0.6 is 0 Å². The molecule has 0 atom stereocenters. The summed E-state index contributed by atoms with van der Waals surface area (Å²) in [6.07, 6.45) is 3.72. The molecule has 0 radical (unpaired) electrons. The highest BCUT2D eigenvalue weighted by molar-refractivity contribution is 6.58. The molecule has 1 heterocycles. The molecule has 0 aliphatic rings. The van der Waals surface area contributed by atoms with Gasteiger partial charge < -0.3 is 14.6 Å². The minimum atomic E-state index is -1.47. The van der Waals surface area contributed by atoms with Gasteiger partial charge in [-0.1, -0.05) is 61.7 Å². The molecule has 0 fully saturated rings. The minimum absolute atomic E-state index is 0.468. The Kier molecular flexibility index (Phi) is 4.00. The fourth-order valence-electron chi connectivity index (χ4n) is 3.57. The number of fused-ring (bicyclic) bond motifs is 3. The first-order valence-electron chi connectivity index (χ1n) is 8.43. The van der Waals surface area contributed by atoms with Crippen molar-refractivity contribution in [2.24, 2.45) is 0 Å². The summed E-state index contributed by atoms with van der Waals surface area (Å²) in [4.78, 5) is 0. The minimum Gasteiger partial charge on any atom is -0.423 e. The lowest BCUT2D eigenvalue weighted by Gasteiger charge is -2.10. The molecule has 3 nitrogen and oxygen atoms in total. The van der Waals surface area contributed by atoms with Crippen molar-refractivity contribution in [2.45, 2.75) is 0 Å². The molecule has 0 saturated heterocycles. The van der Waals surface area contributed by atoms with Crippen molar-refractivity contribution in [3.05, 3.63) is 84.9 Å². The van der Waals surface area contributed by atoms with Crippen molar-refractivity contribution in [3.8, 4) is 5.69 Å². The molecular formula is C22H18BNO2. The van der Waals surface area contributed by atoms with Crippen LogP contribution in [0.3, 0.4) is 0 Å². The Bertz CT molecular complexity index is 1140. The third kappa shape index (κ3) is 2.39. The predicted octanol–water partition coefficient (Wildman–Crippen LogP) is 3.75. The third-order valence-corrected chi connectivity index (χ3v) is 4.79. The first-order chi connectivity index (χ1) is 12.7. The van der Waals surface area contributed by atoms with Gasteiger partial charge in [-0.05, 0) is 40.9 Å². The molecule has 1 aromatic heterocycles. The van der Waals surface area contributed by atoms with E-state index in [1.165, 1.54) is 0 Å². The number of para-hydroxylation sites is 1. The van der Waals surface area contributed by atoms with Gasteiger partial charge in [-0.15, -0.1) is 0 Å². The molecule has 0 amide bonds. The van der Waals surface area contributed by atoms with Crippen LogP contribution in [0.2, 0.25) is 0 Å². The van der Waals surface area contributed by atoms with E-state index in [0.717, 1.165) is 38.6 Å². The first-order valence-corrected chi connectivity index (χ1v) is 8.43. The van der Waals surface area contributed by atoms with Gasteiger partial charge in [-0.2, -0.15) is 0 Å². The van der Waals surface area contributed by atoms with Crippen LogP contribution in [0, 0.1) is 0 Å². The second-order valence-corrected chi connectivity index (χ2v) is 6.19. The second-order valence-electron chi connectivity index (χ2n) is 6.19. The predicted molar refractivity (Wildman–Crippen MR) is 111 cm³/mol. The maximum absolute atomic E-state index is 9.34. The average molecular weight is 339 g/mol. The summed E-state index contributed by atoms with van der Waals surface area (Å²) >= 11 is 0. The first kappa shape index (κ1) is 16.4. The van der Waals surface area contributed by atoms with Crippen molar-refractivity contribution in [1.29, 1.82) is 0 Å². The Morgan fingerprint density at radius 1 is 0.808 bits per heavy atom. The molecule has 4 rings (SSSR count). The van der Waals surface area contributed by atoms with Crippen LogP contribution in [-0.2, 0) is 0 Å². The number of nitrogens with zero attached hydrogens (tertiary/aromatic N) is 1. The summed E-state index contributed by atoms with van der Waals surface area (Å²) in [5, 5.41) is 21.0. The van der Waals surface area contributed by atoms with Crippen LogP contribution in [0.5, 0.6) is 0 Å². The van der Waals surface area contributed by atoms with Crippen molar-refractivity contribution < 1.29 is 10.0 Å². The van der Waals surface area contributed by atoms with E-state index in [4.69, 9.17) is 0 Å². The normalized spacial score (nSPS) is 11.0. The Hall–Kier alpha value is -3.08. The Morgan fingerprint density at radius 2 is 1.54 bits per heavy atom. The van der Waals surface area contributed by atoms with Crippen molar-refractivity contribution >= 4 is 46.5 Å². The number of hydrogen-bond acceptors (Lipinski definition) is 2. The van der Waals surface area contributed by atoms with Crippen LogP contribution in [0.25, 0.3) is 39.6 Å². The lowest BCUT2D eigenvalue weighted by Crippen LogP contribution is -2.29. The summed E-state index contributed by atoms with van der Waals surface area (Å²) in [5.41, 5.74) is 5.70. The van der Waals surface area contributed by atoms with Crippen LogP contribution in [0.1, 0.15) is 11.1 Å². The van der Waals surface area contributed by atoms with E-state index in [0.29, 0.717) is 5.46 Å². The zero-order valence-corrected chi connectivity index (χ0v) is 14.3. The van der Waals surface area contributed by atoms with Crippen LogP contribution in [-0.4, -0.2) is 21.7 Å². The molecule has 0 unspecified atom stereocenters. The van der Waals surface area contributed by atoms with E-state index in [9.17, 15) is 10.0 Å². The number of aromatic nitrogens is 1. The number of rotatable bonds is 4. The average Bonchev–Trinajstić information content (AvgIpc) is 3.01. The molecule has 0 spiro atoms. The smallest absolute Gasteiger partial charge is 0.423 e. The molecule has 2 N–H and O–H groups in total. The fraction of sp³-hybridized carbons (Fsp3) is 0. The summed E-state index contributed by atoms with van der Waals surface area (Å²) in [6.45, 7) is 7.91. The van der Waals surface area contributed by atoms with Gasteiger partial charge in [-0.3, -0.25) is 0 Å². The lowest BCUT2D eigenvalue weighted by atomic mass is 9.80. The van der Waals surface area contributed by atoms with E-state index in [1.54, 1.807) is 12.1 Å². The molecule has 126 valence electrons. The van der Waals surface area contributed by atoms with Crippen LogP contribution in [0.15, 0.2) is 73.8 Å². The van der Waals surface area contributed by atoms with E-state index in [-0.39, 0.29) is 0 Å². The fourth-order valence-corrected chi connectivity index (χ4v) is 3.57. The van der Waals surface area contributed by atoms with E-state index in [2.05, 4.69) is 35.9 Å². The molecule has 0 saturated carbocycles. The Labute approximate surface area is 152 Å². The molecule has 0 aliphatic heterocycles. The van der Waals surface area contributed by atoms with Crippen molar-refractivity contribution in [1.82, 2.24) is 4.57 Å². The Morgan fingerprint density at radius 3 is 2.19 bits per heavy atom. The molecule has 0 bridgehead atoms.